The van der Waals surface area contributed by atoms with Crippen molar-refractivity contribution in [2.24, 2.45) is 5.92 Å². The summed E-state index contributed by atoms with van der Waals surface area (Å²) in [5, 5.41) is 2.34. The fourth-order valence-corrected chi connectivity index (χ4v) is 2.84. The summed E-state index contributed by atoms with van der Waals surface area (Å²) in [6.45, 7) is 7.75. The first-order valence-electron chi connectivity index (χ1n) is 8.32. The first-order valence-corrected chi connectivity index (χ1v) is 8.69. The van der Waals surface area contributed by atoms with Gasteiger partial charge in [-0.2, -0.15) is 13.2 Å². The second-order valence-electron chi connectivity index (χ2n) is 6.63. The third-order valence-corrected chi connectivity index (χ3v) is 4.45. The van der Waals surface area contributed by atoms with Gasteiger partial charge < -0.3 is 10.2 Å². The third-order valence-electron chi connectivity index (χ3n) is 4.21. The molecule has 0 spiro atoms. The minimum Gasteiger partial charge on any atom is -0.322 e. The maximum absolute atomic E-state index is 13.1. The molecule has 0 aromatic heterocycles. The third kappa shape index (κ3) is 5.78. The Hall–Kier alpha value is -1.47. The van der Waals surface area contributed by atoms with Crippen molar-refractivity contribution < 1.29 is 18.0 Å². The highest BCUT2D eigenvalue weighted by atomic mass is 35.5. The molecule has 1 aliphatic rings. The Labute approximate surface area is 150 Å². The lowest BCUT2D eigenvalue weighted by Crippen LogP contribution is -2.50. The molecule has 1 N–H and O–H groups in total. The first kappa shape index (κ1) is 19.8. The van der Waals surface area contributed by atoms with E-state index < -0.39 is 17.8 Å². The lowest BCUT2D eigenvalue weighted by atomic mass is 10.1. The van der Waals surface area contributed by atoms with Gasteiger partial charge in [0.2, 0.25) is 0 Å². The van der Waals surface area contributed by atoms with Crippen molar-refractivity contribution in [1.29, 1.82) is 0 Å². The van der Waals surface area contributed by atoms with E-state index in [9.17, 15) is 18.0 Å². The van der Waals surface area contributed by atoms with Crippen LogP contribution in [-0.4, -0.2) is 48.6 Å². The van der Waals surface area contributed by atoms with Gasteiger partial charge in [-0.3, -0.25) is 4.90 Å². The zero-order chi connectivity index (χ0) is 18.6. The zero-order valence-electron chi connectivity index (χ0n) is 14.4. The molecule has 1 fully saturated rings. The number of anilines is 1. The van der Waals surface area contributed by atoms with Gasteiger partial charge in [-0.1, -0.05) is 25.4 Å². The number of rotatable bonds is 4. The van der Waals surface area contributed by atoms with Crippen LogP contribution in [-0.2, 0) is 6.18 Å². The van der Waals surface area contributed by atoms with Crippen molar-refractivity contribution in [2.75, 3.05) is 38.0 Å². The van der Waals surface area contributed by atoms with Crippen LogP contribution >= 0.6 is 11.6 Å². The summed E-state index contributed by atoms with van der Waals surface area (Å²) in [7, 11) is 0. The van der Waals surface area contributed by atoms with Crippen molar-refractivity contribution in [3.8, 4) is 0 Å². The predicted molar refractivity (Wildman–Crippen MR) is 92.9 cm³/mol. The number of benzene rings is 1. The Bertz CT molecular complexity index is 599. The molecule has 0 radical (unpaired) electrons. The monoisotopic (exact) mass is 377 g/mol. The number of carbonyl (C=O) groups excluding carboxylic acids is 1. The Morgan fingerprint density at radius 1 is 1.24 bits per heavy atom. The lowest BCUT2D eigenvalue weighted by Gasteiger charge is -2.35. The van der Waals surface area contributed by atoms with Gasteiger partial charge in [-0.05, 0) is 37.1 Å². The van der Waals surface area contributed by atoms with Gasteiger partial charge in [0, 0.05) is 31.2 Å². The number of piperazine rings is 1. The topological polar surface area (TPSA) is 35.6 Å². The molecule has 140 valence electrons. The summed E-state index contributed by atoms with van der Waals surface area (Å²) in [4.78, 5) is 16.1. The van der Waals surface area contributed by atoms with Crippen LogP contribution in [0, 0.1) is 5.92 Å². The molecule has 0 unspecified atom stereocenters. The van der Waals surface area contributed by atoms with E-state index in [2.05, 4.69) is 24.1 Å². The van der Waals surface area contributed by atoms with E-state index in [4.69, 9.17) is 11.6 Å². The smallest absolute Gasteiger partial charge is 0.322 e. The van der Waals surface area contributed by atoms with Gasteiger partial charge in [-0.15, -0.1) is 0 Å². The highest BCUT2D eigenvalue weighted by Crippen LogP contribution is 2.36. The molecule has 2 rings (SSSR count). The van der Waals surface area contributed by atoms with E-state index in [1.807, 2.05) is 0 Å². The van der Waals surface area contributed by atoms with Crippen LogP contribution in [0.25, 0.3) is 0 Å². The summed E-state index contributed by atoms with van der Waals surface area (Å²) in [6, 6.07) is 2.82. The normalized spacial score (nSPS) is 16.4. The molecular weight excluding hydrogens is 355 g/mol. The van der Waals surface area contributed by atoms with Crippen LogP contribution in [0.1, 0.15) is 25.8 Å². The summed E-state index contributed by atoms with van der Waals surface area (Å²) in [5.41, 5.74) is -1.21. The number of hydrogen-bond acceptors (Lipinski definition) is 2. The standard InChI is InChI=1S/C17H23ClF3N3O/c1-12(2)5-6-23-7-9-24(10-8-23)16(25)22-15-4-3-13(18)11-14(15)17(19,20)21/h3-4,11-12H,5-10H2,1-2H3,(H,22,25). The van der Waals surface area contributed by atoms with E-state index in [1.165, 1.54) is 12.1 Å². The number of carbonyl (C=O) groups is 1. The van der Waals surface area contributed by atoms with Crippen LogP contribution < -0.4 is 5.32 Å². The Kier molecular flexibility index (Phi) is 6.57. The van der Waals surface area contributed by atoms with Crippen LogP contribution in [0.5, 0.6) is 0 Å². The number of nitrogens with one attached hydrogen (secondary N) is 1. The average Bonchev–Trinajstić information content (AvgIpc) is 2.54. The number of halogens is 4. The molecule has 1 aromatic carbocycles. The van der Waals surface area contributed by atoms with Gasteiger partial charge in [0.15, 0.2) is 0 Å². The fourth-order valence-electron chi connectivity index (χ4n) is 2.67. The maximum Gasteiger partial charge on any atom is 0.418 e. The summed E-state index contributed by atoms with van der Waals surface area (Å²) in [5.74, 6) is 0.618. The molecule has 25 heavy (non-hydrogen) atoms. The second kappa shape index (κ2) is 8.27. The Balaban J connectivity index is 1.95. The molecule has 1 aliphatic heterocycles. The van der Waals surface area contributed by atoms with Gasteiger partial charge >= 0.3 is 12.2 Å². The molecular formula is C17H23ClF3N3O. The van der Waals surface area contributed by atoms with Gasteiger partial charge in [0.25, 0.3) is 0 Å². The van der Waals surface area contributed by atoms with Gasteiger partial charge in [-0.25, -0.2) is 4.79 Å². The van der Waals surface area contributed by atoms with E-state index in [0.29, 0.717) is 19.0 Å². The Morgan fingerprint density at radius 3 is 2.44 bits per heavy atom. The minimum absolute atomic E-state index is 0.0240. The molecule has 8 heteroatoms. The highest BCUT2D eigenvalue weighted by Gasteiger charge is 2.34. The SMILES string of the molecule is CC(C)CCN1CCN(C(=O)Nc2ccc(Cl)cc2C(F)(F)F)CC1. The molecule has 0 saturated carbocycles. The molecule has 1 aromatic rings. The molecule has 4 nitrogen and oxygen atoms in total. The maximum atomic E-state index is 13.1. The van der Waals surface area contributed by atoms with Crippen LogP contribution in [0.15, 0.2) is 18.2 Å². The number of nitrogens with zero attached hydrogens (tertiary/aromatic N) is 2. The van der Waals surface area contributed by atoms with Crippen molar-refractivity contribution in [1.82, 2.24) is 9.80 Å². The van der Waals surface area contributed by atoms with Crippen molar-refractivity contribution in [2.45, 2.75) is 26.4 Å². The molecule has 1 heterocycles. The van der Waals surface area contributed by atoms with Crippen LogP contribution in [0.4, 0.5) is 23.7 Å². The largest absolute Gasteiger partial charge is 0.418 e. The molecule has 2 amide bonds. The van der Waals surface area contributed by atoms with Crippen molar-refractivity contribution in [3.63, 3.8) is 0 Å². The van der Waals surface area contributed by atoms with Crippen molar-refractivity contribution >= 4 is 23.3 Å². The number of amides is 2. The first-order chi connectivity index (χ1) is 11.7. The lowest BCUT2D eigenvalue weighted by molar-refractivity contribution is -0.136. The van der Waals surface area contributed by atoms with Crippen LogP contribution in [0.2, 0.25) is 5.02 Å². The molecule has 0 atom stereocenters. The summed E-state index contributed by atoms with van der Waals surface area (Å²) < 4.78 is 39.3. The summed E-state index contributed by atoms with van der Waals surface area (Å²) in [6.07, 6.45) is -3.49. The van der Waals surface area contributed by atoms with Gasteiger partial charge in [0.05, 0.1) is 11.3 Å². The van der Waals surface area contributed by atoms with Gasteiger partial charge in [0.1, 0.15) is 0 Å². The quantitative estimate of drug-likeness (QED) is 0.835. The van der Waals surface area contributed by atoms with E-state index in [1.54, 1.807) is 4.90 Å². The number of alkyl halides is 3. The fraction of sp³-hybridized carbons (Fsp3) is 0.588. The minimum atomic E-state index is -4.58. The number of urea groups is 1. The zero-order valence-corrected chi connectivity index (χ0v) is 15.1. The van der Waals surface area contributed by atoms with Crippen molar-refractivity contribution in [3.05, 3.63) is 28.8 Å². The Morgan fingerprint density at radius 2 is 1.88 bits per heavy atom. The van der Waals surface area contributed by atoms with E-state index in [0.717, 1.165) is 32.1 Å². The van der Waals surface area contributed by atoms with E-state index >= 15 is 0 Å². The summed E-state index contributed by atoms with van der Waals surface area (Å²) >= 11 is 5.65. The predicted octanol–water partition coefficient (Wildman–Crippen LogP) is 4.55. The van der Waals surface area contributed by atoms with E-state index in [-0.39, 0.29) is 10.7 Å². The second-order valence-corrected chi connectivity index (χ2v) is 7.07. The van der Waals surface area contributed by atoms with Crippen LogP contribution in [0.3, 0.4) is 0 Å². The molecule has 0 bridgehead atoms. The average molecular weight is 378 g/mol. The molecule has 0 aliphatic carbocycles. The molecule has 1 saturated heterocycles. The highest BCUT2D eigenvalue weighted by molar-refractivity contribution is 6.30. The number of hydrogen-bond donors (Lipinski definition) is 1.